The molecule has 2 aliphatic rings. The first-order valence-electron chi connectivity index (χ1n) is 6.06. The maximum atomic E-state index is 12.2. The quantitative estimate of drug-likeness (QED) is 0.764. The summed E-state index contributed by atoms with van der Waals surface area (Å²) in [5.74, 6) is -0.0530. The van der Waals surface area contributed by atoms with E-state index in [1.807, 2.05) is 0 Å². The van der Waals surface area contributed by atoms with Gasteiger partial charge in [0.25, 0.3) is 5.91 Å². The molecule has 1 amide bonds. The first-order chi connectivity index (χ1) is 8.71. The Bertz CT molecular complexity index is 466. The number of likely N-dealkylation sites (tertiary alicyclic amines) is 1. The minimum Gasteiger partial charge on any atom is -0.367 e. The van der Waals surface area contributed by atoms with Gasteiger partial charge >= 0.3 is 0 Å². The van der Waals surface area contributed by atoms with E-state index in [-0.39, 0.29) is 18.2 Å². The lowest BCUT2D eigenvalue weighted by atomic mass is 9.87. The van der Waals surface area contributed by atoms with E-state index >= 15 is 0 Å². The Morgan fingerprint density at radius 2 is 2.39 bits per heavy atom. The molecule has 3 rings (SSSR count). The van der Waals surface area contributed by atoms with E-state index in [1.165, 1.54) is 11.3 Å². The fourth-order valence-electron chi connectivity index (χ4n) is 2.62. The highest BCUT2D eigenvalue weighted by Crippen LogP contribution is 2.33. The van der Waals surface area contributed by atoms with Gasteiger partial charge in [-0.15, -0.1) is 11.3 Å². The Morgan fingerprint density at radius 3 is 3.00 bits per heavy atom. The third kappa shape index (κ3) is 1.85. The highest BCUT2D eigenvalue weighted by Gasteiger charge is 2.46. The SMILES string of the molecule is O=C(c1cncs1)N1CC[C@]2(CCCO2)C(=O)C1. The summed E-state index contributed by atoms with van der Waals surface area (Å²) in [6, 6.07) is 0. The van der Waals surface area contributed by atoms with E-state index in [0.29, 0.717) is 24.4 Å². The van der Waals surface area contributed by atoms with Crippen LogP contribution in [0.4, 0.5) is 0 Å². The van der Waals surface area contributed by atoms with Crippen LogP contribution in [0.1, 0.15) is 28.9 Å². The van der Waals surface area contributed by atoms with Crippen LogP contribution in [0, 0.1) is 0 Å². The van der Waals surface area contributed by atoms with Gasteiger partial charge in [0.2, 0.25) is 0 Å². The molecule has 18 heavy (non-hydrogen) atoms. The van der Waals surface area contributed by atoms with E-state index in [2.05, 4.69) is 4.98 Å². The summed E-state index contributed by atoms with van der Waals surface area (Å²) in [7, 11) is 0. The third-order valence-electron chi connectivity index (χ3n) is 3.66. The molecule has 5 nitrogen and oxygen atoms in total. The predicted molar refractivity (Wildman–Crippen MR) is 65.6 cm³/mol. The molecule has 0 N–H and O–H groups in total. The molecule has 6 heteroatoms. The first-order valence-corrected chi connectivity index (χ1v) is 6.94. The monoisotopic (exact) mass is 266 g/mol. The number of ether oxygens (including phenoxy) is 1. The average Bonchev–Trinajstić information content (AvgIpc) is 3.04. The largest absolute Gasteiger partial charge is 0.367 e. The van der Waals surface area contributed by atoms with E-state index in [9.17, 15) is 9.59 Å². The minimum atomic E-state index is -0.593. The Kier molecular flexibility index (Phi) is 2.91. The van der Waals surface area contributed by atoms with Crippen LogP contribution in [0.15, 0.2) is 11.7 Å². The number of nitrogens with zero attached hydrogens (tertiary/aromatic N) is 2. The van der Waals surface area contributed by atoms with Crippen molar-refractivity contribution in [2.24, 2.45) is 0 Å². The molecule has 2 aliphatic heterocycles. The molecule has 1 spiro atoms. The van der Waals surface area contributed by atoms with Crippen molar-refractivity contribution in [3.63, 3.8) is 0 Å². The number of aromatic nitrogens is 1. The highest BCUT2D eigenvalue weighted by molar-refractivity contribution is 7.11. The molecular formula is C12H14N2O3S. The molecule has 0 radical (unpaired) electrons. The average molecular weight is 266 g/mol. The van der Waals surface area contributed by atoms with Gasteiger partial charge in [-0.3, -0.25) is 14.6 Å². The summed E-state index contributed by atoms with van der Waals surface area (Å²) >= 11 is 1.30. The second-order valence-corrected chi connectivity index (χ2v) is 5.60. The zero-order valence-corrected chi connectivity index (χ0v) is 10.7. The number of ketones is 1. The van der Waals surface area contributed by atoms with E-state index < -0.39 is 5.60 Å². The smallest absolute Gasteiger partial charge is 0.265 e. The van der Waals surface area contributed by atoms with Crippen LogP contribution >= 0.6 is 11.3 Å². The second-order valence-electron chi connectivity index (χ2n) is 4.71. The van der Waals surface area contributed by atoms with Crippen molar-refractivity contribution < 1.29 is 14.3 Å². The number of carbonyl (C=O) groups excluding carboxylic acids is 2. The number of thiazole rings is 1. The molecule has 2 saturated heterocycles. The summed E-state index contributed by atoms with van der Waals surface area (Å²) in [4.78, 5) is 30.4. The van der Waals surface area contributed by atoms with Gasteiger partial charge < -0.3 is 9.64 Å². The van der Waals surface area contributed by atoms with Crippen molar-refractivity contribution in [2.75, 3.05) is 19.7 Å². The summed E-state index contributed by atoms with van der Waals surface area (Å²) in [6.07, 6.45) is 3.91. The lowest BCUT2D eigenvalue weighted by molar-refractivity contribution is -0.144. The number of amides is 1. The molecule has 1 atom stereocenters. The van der Waals surface area contributed by atoms with E-state index in [1.54, 1.807) is 16.6 Å². The van der Waals surface area contributed by atoms with Gasteiger partial charge in [-0.2, -0.15) is 0 Å². The molecule has 0 aliphatic carbocycles. The van der Waals surface area contributed by atoms with Crippen LogP contribution in [0.3, 0.4) is 0 Å². The van der Waals surface area contributed by atoms with Crippen LogP contribution in [0.25, 0.3) is 0 Å². The Hall–Kier alpha value is -1.27. The molecule has 1 aromatic rings. The molecule has 96 valence electrons. The molecule has 0 unspecified atom stereocenters. The van der Waals surface area contributed by atoms with Crippen molar-refractivity contribution >= 4 is 23.0 Å². The van der Waals surface area contributed by atoms with Gasteiger partial charge in [0.1, 0.15) is 10.5 Å². The normalized spacial score (nSPS) is 28.0. The summed E-state index contributed by atoms with van der Waals surface area (Å²) in [6.45, 7) is 1.41. The van der Waals surface area contributed by atoms with Gasteiger partial charge in [-0.05, 0) is 12.8 Å². The van der Waals surface area contributed by atoms with Gasteiger partial charge in [0, 0.05) is 19.6 Å². The van der Waals surface area contributed by atoms with Crippen molar-refractivity contribution in [2.45, 2.75) is 24.9 Å². The topological polar surface area (TPSA) is 59.5 Å². The fourth-order valence-corrected chi connectivity index (χ4v) is 3.20. The van der Waals surface area contributed by atoms with Crippen LogP contribution in [0.5, 0.6) is 0 Å². The van der Waals surface area contributed by atoms with Crippen LogP contribution < -0.4 is 0 Å². The standard InChI is InChI=1S/C12H14N2O3S/c15-10-7-14(11(16)9-6-13-8-18-9)4-3-12(10)2-1-5-17-12/h6,8H,1-5,7H2/t12-/m1/s1. The van der Waals surface area contributed by atoms with Gasteiger partial charge in [0.05, 0.1) is 18.3 Å². The molecule has 2 fully saturated rings. The van der Waals surface area contributed by atoms with Crippen molar-refractivity contribution in [1.82, 2.24) is 9.88 Å². The number of Topliss-reactive ketones (excluding diaryl/α,β-unsaturated/α-hetero) is 1. The number of hydrogen-bond acceptors (Lipinski definition) is 5. The van der Waals surface area contributed by atoms with Gasteiger partial charge in [-0.25, -0.2) is 0 Å². The molecule has 3 heterocycles. The highest BCUT2D eigenvalue weighted by atomic mass is 32.1. The lowest BCUT2D eigenvalue weighted by Crippen LogP contribution is -2.53. The van der Waals surface area contributed by atoms with Crippen molar-refractivity contribution in [3.05, 3.63) is 16.6 Å². The van der Waals surface area contributed by atoms with E-state index in [0.717, 1.165) is 12.8 Å². The van der Waals surface area contributed by atoms with Gasteiger partial charge in [-0.1, -0.05) is 0 Å². The fraction of sp³-hybridized carbons (Fsp3) is 0.583. The molecule has 0 bridgehead atoms. The van der Waals surface area contributed by atoms with E-state index in [4.69, 9.17) is 4.74 Å². The summed E-state index contributed by atoms with van der Waals surface area (Å²) in [5, 5.41) is 0. The predicted octanol–water partition coefficient (Wildman–Crippen LogP) is 1.11. The molecule has 0 saturated carbocycles. The third-order valence-corrected chi connectivity index (χ3v) is 4.42. The zero-order valence-electron chi connectivity index (χ0n) is 9.92. The summed E-state index contributed by atoms with van der Waals surface area (Å²) < 4.78 is 5.62. The second kappa shape index (κ2) is 4.44. The maximum Gasteiger partial charge on any atom is 0.265 e. The van der Waals surface area contributed by atoms with Crippen molar-refractivity contribution in [1.29, 1.82) is 0 Å². The zero-order chi connectivity index (χ0) is 12.6. The van der Waals surface area contributed by atoms with Crippen LogP contribution in [0.2, 0.25) is 0 Å². The van der Waals surface area contributed by atoms with Crippen LogP contribution in [-0.2, 0) is 9.53 Å². The molecule has 1 aromatic heterocycles. The number of carbonyl (C=O) groups is 2. The Labute approximate surface area is 109 Å². The Morgan fingerprint density at radius 1 is 1.50 bits per heavy atom. The van der Waals surface area contributed by atoms with Gasteiger partial charge in [0.15, 0.2) is 5.78 Å². The first kappa shape index (κ1) is 11.8. The molecular weight excluding hydrogens is 252 g/mol. The summed E-state index contributed by atoms with van der Waals surface area (Å²) in [5.41, 5.74) is 1.03. The number of rotatable bonds is 1. The molecule has 0 aromatic carbocycles. The van der Waals surface area contributed by atoms with Crippen molar-refractivity contribution in [3.8, 4) is 0 Å². The lowest BCUT2D eigenvalue weighted by Gasteiger charge is -2.36. The number of piperidine rings is 1. The van der Waals surface area contributed by atoms with Crippen LogP contribution in [-0.4, -0.2) is 46.9 Å². The number of hydrogen-bond donors (Lipinski definition) is 0. The Balaban J connectivity index is 1.72. The maximum absolute atomic E-state index is 12.2. The minimum absolute atomic E-state index is 0.0455.